The summed E-state index contributed by atoms with van der Waals surface area (Å²) in [5, 5.41) is 2.57. The van der Waals surface area contributed by atoms with Crippen LogP contribution in [0.25, 0.3) is 6.08 Å². The van der Waals surface area contributed by atoms with Crippen LogP contribution in [0.5, 0.6) is 11.5 Å². The molecule has 0 spiro atoms. The molecule has 1 aromatic carbocycles. The third kappa shape index (κ3) is 5.12. The van der Waals surface area contributed by atoms with E-state index in [1.54, 1.807) is 12.2 Å². The van der Waals surface area contributed by atoms with Gasteiger partial charge in [0.05, 0.1) is 6.61 Å². The first-order valence-corrected chi connectivity index (χ1v) is 8.68. The fourth-order valence-electron chi connectivity index (χ4n) is 2.61. The summed E-state index contributed by atoms with van der Waals surface area (Å²) in [6, 6.07) is 3.80. The van der Waals surface area contributed by atoms with Gasteiger partial charge in [-0.05, 0) is 39.0 Å². The second-order valence-corrected chi connectivity index (χ2v) is 6.01. The van der Waals surface area contributed by atoms with Crippen LogP contribution >= 0.6 is 0 Å². The largest absolute Gasteiger partial charge is 0.493 e. The molecule has 6 nitrogen and oxygen atoms in total. The van der Waals surface area contributed by atoms with Gasteiger partial charge in [-0.15, -0.1) is 6.58 Å². The average molecular weight is 359 g/mol. The lowest BCUT2D eigenvalue weighted by atomic mass is 10.1. The highest BCUT2D eigenvalue weighted by atomic mass is 16.5. The highest BCUT2D eigenvalue weighted by Gasteiger charge is 2.21. The second-order valence-electron chi connectivity index (χ2n) is 6.01. The number of amides is 1. The molecular formula is C20H25NO5. The molecule has 1 aliphatic heterocycles. The van der Waals surface area contributed by atoms with Crippen LogP contribution in [-0.4, -0.2) is 37.2 Å². The summed E-state index contributed by atoms with van der Waals surface area (Å²) >= 11 is 0. The molecular weight excluding hydrogens is 334 g/mol. The van der Waals surface area contributed by atoms with E-state index < -0.39 is 12.1 Å². The van der Waals surface area contributed by atoms with Gasteiger partial charge in [-0.25, -0.2) is 4.79 Å². The van der Waals surface area contributed by atoms with Crippen molar-refractivity contribution in [3.8, 4) is 11.5 Å². The van der Waals surface area contributed by atoms with E-state index in [1.165, 1.54) is 13.0 Å². The minimum absolute atomic E-state index is 0.124. The zero-order chi connectivity index (χ0) is 19.1. The molecule has 26 heavy (non-hydrogen) atoms. The smallest absolute Gasteiger partial charge is 0.331 e. The number of benzene rings is 1. The maximum Gasteiger partial charge on any atom is 0.331 e. The zero-order valence-corrected chi connectivity index (χ0v) is 15.4. The van der Waals surface area contributed by atoms with Crippen molar-refractivity contribution in [2.24, 2.45) is 0 Å². The van der Waals surface area contributed by atoms with Gasteiger partial charge in [0.1, 0.15) is 17.6 Å². The van der Waals surface area contributed by atoms with Crippen molar-refractivity contribution < 1.29 is 23.8 Å². The summed E-state index contributed by atoms with van der Waals surface area (Å²) in [7, 11) is 0. The standard InChI is InChI=1S/C20H25NO5/c1-5-9-21-20(23)14(4)26-19(22)8-7-15-11-18-16(10-13(3)25-18)12-17(15)24-6-2/h5,7-8,11-14H,1,6,9-10H2,2-4H3,(H,21,23)/b8-7+/t13-,14-/m1/s1. The van der Waals surface area contributed by atoms with Gasteiger partial charge in [-0.1, -0.05) is 6.08 Å². The normalized spacial score (nSPS) is 16.5. The lowest BCUT2D eigenvalue weighted by molar-refractivity contribution is -0.150. The van der Waals surface area contributed by atoms with E-state index in [4.69, 9.17) is 14.2 Å². The molecule has 1 N–H and O–H groups in total. The molecule has 0 radical (unpaired) electrons. The highest BCUT2D eigenvalue weighted by Crippen LogP contribution is 2.35. The Morgan fingerprint density at radius 2 is 2.23 bits per heavy atom. The van der Waals surface area contributed by atoms with E-state index in [9.17, 15) is 9.59 Å². The predicted molar refractivity (Wildman–Crippen MR) is 99.2 cm³/mol. The third-order valence-corrected chi connectivity index (χ3v) is 3.81. The van der Waals surface area contributed by atoms with Crippen molar-refractivity contribution in [1.82, 2.24) is 5.32 Å². The van der Waals surface area contributed by atoms with E-state index in [1.807, 2.05) is 26.0 Å². The Kier molecular flexibility index (Phi) is 6.83. The Hall–Kier alpha value is -2.76. The van der Waals surface area contributed by atoms with Crippen LogP contribution in [0.15, 0.2) is 30.9 Å². The molecule has 0 aliphatic carbocycles. The molecule has 2 rings (SSSR count). The monoisotopic (exact) mass is 359 g/mol. The van der Waals surface area contributed by atoms with Gasteiger partial charge >= 0.3 is 5.97 Å². The summed E-state index contributed by atoms with van der Waals surface area (Å²) in [4.78, 5) is 23.7. The van der Waals surface area contributed by atoms with Gasteiger partial charge in [0.15, 0.2) is 6.10 Å². The Bertz CT molecular complexity index is 710. The zero-order valence-electron chi connectivity index (χ0n) is 15.4. The third-order valence-electron chi connectivity index (χ3n) is 3.81. The molecule has 1 heterocycles. The fourth-order valence-corrected chi connectivity index (χ4v) is 2.61. The first-order chi connectivity index (χ1) is 12.4. The number of rotatable bonds is 8. The van der Waals surface area contributed by atoms with Gasteiger partial charge < -0.3 is 19.5 Å². The van der Waals surface area contributed by atoms with E-state index in [0.717, 1.165) is 23.3 Å². The summed E-state index contributed by atoms with van der Waals surface area (Å²) in [5.41, 5.74) is 1.81. The van der Waals surface area contributed by atoms with Crippen LogP contribution in [0.3, 0.4) is 0 Å². The lowest BCUT2D eigenvalue weighted by Crippen LogP contribution is -2.35. The Balaban J connectivity index is 2.06. The number of carbonyl (C=O) groups is 2. The maximum absolute atomic E-state index is 12.0. The first kappa shape index (κ1) is 19.6. The highest BCUT2D eigenvalue weighted by molar-refractivity contribution is 5.90. The average Bonchev–Trinajstić information content (AvgIpc) is 2.96. The van der Waals surface area contributed by atoms with Crippen LogP contribution in [0.2, 0.25) is 0 Å². The lowest BCUT2D eigenvalue weighted by Gasteiger charge is -2.12. The number of nitrogens with one attached hydrogen (secondary N) is 1. The molecule has 0 fully saturated rings. The summed E-state index contributed by atoms with van der Waals surface area (Å²) < 4.78 is 16.5. The van der Waals surface area contributed by atoms with E-state index in [0.29, 0.717) is 18.9 Å². The molecule has 140 valence electrons. The van der Waals surface area contributed by atoms with E-state index in [2.05, 4.69) is 11.9 Å². The van der Waals surface area contributed by atoms with Gasteiger partial charge in [-0.2, -0.15) is 0 Å². The molecule has 0 saturated carbocycles. The molecule has 1 aromatic rings. The minimum Gasteiger partial charge on any atom is -0.493 e. The van der Waals surface area contributed by atoms with Crippen LogP contribution in [0.1, 0.15) is 31.9 Å². The number of carbonyl (C=O) groups excluding carboxylic acids is 2. The molecule has 0 unspecified atom stereocenters. The van der Waals surface area contributed by atoms with Gasteiger partial charge in [0, 0.05) is 30.2 Å². The number of fused-ring (bicyclic) bond motifs is 1. The second kappa shape index (κ2) is 9.08. The van der Waals surface area contributed by atoms with Crippen LogP contribution in [0.4, 0.5) is 0 Å². The topological polar surface area (TPSA) is 73.9 Å². The molecule has 0 bridgehead atoms. The van der Waals surface area contributed by atoms with E-state index >= 15 is 0 Å². The molecule has 1 aliphatic rings. The maximum atomic E-state index is 12.0. The minimum atomic E-state index is -0.886. The summed E-state index contributed by atoms with van der Waals surface area (Å²) in [6.07, 6.45) is 4.51. The van der Waals surface area contributed by atoms with Crippen molar-refractivity contribution in [1.29, 1.82) is 0 Å². The van der Waals surface area contributed by atoms with Crippen molar-refractivity contribution >= 4 is 18.0 Å². The summed E-state index contributed by atoms with van der Waals surface area (Å²) in [5.74, 6) is 0.501. The molecule has 2 atom stereocenters. The van der Waals surface area contributed by atoms with Crippen LogP contribution in [-0.2, 0) is 20.7 Å². The van der Waals surface area contributed by atoms with E-state index in [-0.39, 0.29) is 12.0 Å². The number of hydrogen-bond donors (Lipinski definition) is 1. The predicted octanol–water partition coefficient (Wildman–Crippen LogP) is 2.66. The SMILES string of the molecule is C=CCNC(=O)[C@@H](C)OC(=O)/C=C/c1cc2c(cc1OCC)C[C@@H](C)O2. The van der Waals surface area contributed by atoms with Crippen LogP contribution < -0.4 is 14.8 Å². The Morgan fingerprint density at radius 3 is 2.92 bits per heavy atom. The number of esters is 1. The van der Waals surface area contributed by atoms with Crippen molar-refractivity contribution in [2.45, 2.75) is 39.4 Å². The number of ether oxygens (including phenoxy) is 3. The number of hydrogen-bond acceptors (Lipinski definition) is 5. The Labute approximate surface area is 153 Å². The first-order valence-electron chi connectivity index (χ1n) is 8.68. The van der Waals surface area contributed by atoms with Gasteiger partial charge in [-0.3, -0.25) is 4.79 Å². The molecule has 0 aromatic heterocycles. The van der Waals surface area contributed by atoms with Crippen LogP contribution in [0, 0.1) is 0 Å². The van der Waals surface area contributed by atoms with Gasteiger partial charge in [0.2, 0.25) is 0 Å². The molecule has 1 amide bonds. The Morgan fingerprint density at radius 1 is 1.46 bits per heavy atom. The summed E-state index contributed by atoms with van der Waals surface area (Å²) in [6.45, 7) is 9.77. The fraction of sp³-hybridized carbons (Fsp3) is 0.400. The molecule has 0 saturated heterocycles. The van der Waals surface area contributed by atoms with Crippen molar-refractivity contribution in [3.05, 3.63) is 42.0 Å². The quantitative estimate of drug-likeness (QED) is 0.439. The molecule has 6 heteroatoms. The van der Waals surface area contributed by atoms with Crippen molar-refractivity contribution in [2.75, 3.05) is 13.2 Å². The van der Waals surface area contributed by atoms with Crippen molar-refractivity contribution in [3.63, 3.8) is 0 Å². The van der Waals surface area contributed by atoms with Gasteiger partial charge in [0.25, 0.3) is 5.91 Å².